The molecule has 1 N–H and O–H groups in total. The fourth-order valence-electron chi connectivity index (χ4n) is 2.49. The van der Waals surface area contributed by atoms with Crippen molar-refractivity contribution >= 4 is 11.9 Å². The van der Waals surface area contributed by atoms with Gasteiger partial charge in [-0.3, -0.25) is 4.79 Å². The summed E-state index contributed by atoms with van der Waals surface area (Å²) in [5.74, 6) is 0.686. The van der Waals surface area contributed by atoms with Crippen LogP contribution in [0.4, 0.5) is 5.95 Å². The van der Waals surface area contributed by atoms with E-state index >= 15 is 0 Å². The Labute approximate surface area is 123 Å². The summed E-state index contributed by atoms with van der Waals surface area (Å²) in [6.45, 7) is 4.47. The van der Waals surface area contributed by atoms with E-state index in [2.05, 4.69) is 24.8 Å². The van der Waals surface area contributed by atoms with E-state index in [9.17, 15) is 4.79 Å². The highest BCUT2D eigenvalue weighted by atomic mass is 16.2. The number of imidazole rings is 1. The second kappa shape index (κ2) is 5.90. The lowest BCUT2D eigenvalue weighted by atomic mass is 10.3. The largest absolute Gasteiger partial charge is 0.348 e. The summed E-state index contributed by atoms with van der Waals surface area (Å²) in [5.41, 5.74) is 2.03. The van der Waals surface area contributed by atoms with Crippen LogP contribution in [-0.4, -0.2) is 36.9 Å². The van der Waals surface area contributed by atoms with Crippen molar-refractivity contribution in [3.05, 3.63) is 36.2 Å². The van der Waals surface area contributed by atoms with E-state index in [0.29, 0.717) is 19.0 Å². The van der Waals surface area contributed by atoms with E-state index in [1.807, 2.05) is 11.2 Å². The predicted octanol–water partition coefficient (Wildman–Crippen LogP) is 1.04. The Hall–Kier alpha value is -2.44. The fraction of sp³-hybridized carbons (Fsp3) is 0.429. The Morgan fingerprint density at radius 3 is 2.86 bits per heavy atom. The van der Waals surface area contributed by atoms with Crippen LogP contribution in [0.25, 0.3) is 0 Å². The molecule has 0 saturated carbocycles. The number of rotatable bonds is 3. The summed E-state index contributed by atoms with van der Waals surface area (Å²) in [6.07, 6.45) is 6.19. The number of carbonyl (C=O) groups excluding carboxylic acids is 1. The second-order valence-electron chi connectivity index (χ2n) is 5.05. The maximum atomic E-state index is 11.6. The summed E-state index contributed by atoms with van der Waals surface area (Å²) in [6, 6.07) is 1.78. The van der Waals surface area contributed by atoms with E-state index in [0.717, 1.165) is 30.9 Å². The standard InChI is InChI=1S/C14H18N6O/c1-11(21)19-6-3-7-20-10-18-12(13(20)9-19)8-17-14-15-4-2-5-16-14/h2,4-5,10H,3,6-9H2,1H3,(H,15,16,17). The predicted molar refractivity (Wildman–Crippen MR) is 77.3 cm³/mol. The highest BCUT2D eigenvalue weighted by Crippen LogP contribution is 2.17. The molecule has 0 fully saturated rings. The van der Waals surface area contributed by atoms with Crippen molar-refractivity contribution in [1.29, 1.82) is 0 Å². The van der Waals surface area contributed by atoms with Gasteiger partial charge >= 0.3 is 0 Å². The molecule has 0 spiro atoms. The zero-order valence-corrected chi connectivity index (χ0v) is 12.0. The van der Waals surface area contributed by atoms with Gasteiger partial charge in [-0.25, -0.2) is 15.0 Å². The second-order valence-corrected chi connectivity index (χ2v) is 5.05. The maximum Gasteiger partial charge on any atom is 0.222 e. The van der Waals surface area contributed by atoms with Crippen molar-refractivity contribution in [1.82, 2.24) is 24.4 Å². The van der Waals surface area contributed by atoms with Crippen molar-refractivity contribution in [2.75, 3.05) is 11.9 Å². The number of carbonyl (C=O) groups is 1. The minimum atomic E-state index is 0.106. The van der Waals surface area contributed by atoms with Crippen LogP contribution in [0.2, 0.25) is 0 Å². The van der Waals surface area contributed by atoms with E-state index < -0.39 is 0 Å². The van der Waals surface area contributed by atoms with Crippen LogP contribution in [0.1, 0.15) is 24.7 Å². The molecule has 1 aliphatic heterocycles. The van der Waals surface area contributed by atoms with Gasteiger partial charge in [-0.1, -0.05) is 0 Å². The number of aromatic nitrogens is 4. The van der Waals surface area contributed by atoms with Crippen LogP contribution in [0.15, 0.2) is 24.8 Å². The van der Waals surface area contributed by atoms with Crippen molar-refractivity contribution in [2.45, 2.75) is 33.0 Å². The van der Waals surface area contributed by atoms with Crippen LogP contribution in [0, 0.1) is 0 Å². The summed E-state index contributed by atoms with van der Waals surface area (Å²) in [5, 5.41) is 3.16. The van der Waals surface area contributed by atoms with Gasteiger partial charge in [0.05, 0.1) is 30.8 Å². The van der Waals surface area contributed by atoms with Gasteiger partial charge in [-0.05, 0) is 12.5 Å². The molecule has 1 amide bonds. The minimum absolute atomic E-state index is 0.106. The molecule has 110 valence electrons. The molecule has 0 atom stereocenters. The molecular weight excluding hydrogens is 268 g/mol. The lowest BCUT2D eigenvalue weighted by Crippen LogP contribution is -2.28. The number of nitrogens with zero attached hydrogens (tertiary/aromatic N) is 5. The Kier molecular flexibility index (Phi) is 3.81. The fourth-order valence-corrected chi connectivity index (χ4v) is 2.49. The molecule has 7 nitrogen and oxygen atoms in total. The van der Waals surface area contributed by atoms with Crippen LogP contribution >= 0.6 is 0 Å². The third-order valence-electron chi connectivity index (χ3n) is 3.63. The smallest absolute Gasteiger partial charge is 0.222 e. The topological polar surface area (TPSA) is 75.9 Å². The monoisotopic (exact) mass is 286 g/mol. The first kappa shape index (κ1) is 13.5. The first-order valence-electron chi connectivity index (χ1n) is 7.03. The molecule has 3 rings (SSSR count). The number of amides is 1. The lowest BCUT2D eigenvalue weighted by Gasteiger charge is -2.18. The van der Waals surface area contributed by atoms with Gasteiger partial charge in [0.15, 0.2) is 0 Å². The Balaban J connectivity index is 1.75. The molecule has 1 aliphatic rings. The van der Waals surface area contributed by atoms with E-state index in [1.165, 1.54) is 0 Å². The number of hydrogen-bond acceptors (Lipinski definition) is 5. The summed E-state index contributed by atoms with van der Waals surface area (Å²) >= 11 is 0. The molecule has 2 aromatic rings. The minimum Gasteiger partial charge on any atom is -0.348 e. The van der Waals surface area contributed by atoms with Crippen LogP contribution in [0.3, 0.4) is 0 Å². The summed E-state index contributed by atoms with van der Waals surface area (Å²) in [7, 11) is 0. The van der Waals surface area contributed by atoms with Crippen molar-refractivity contribution < 1.29 is 4.79 Å². The van der Waals surface area contributed by atoms with Gasteiger partial charge < -0.3 is 14.8 Å². The van der Waals surface area contributed by atoms with Gasteiger partial charge in [0.2, 0.25) is 11.9 Å². The normalized spacial score (nSPS) is 14.4. The molecule has 0 saturated heterocycles. The van der Waals surface area contributed by atoms with Gasteiger partial charge in [0.1, 0.15) is 0 Å². The SMILES string of the molecule is CC(=O)N1CCCn2cnc(CNc3ncccn3)c2C1. The molecule has 2 aromatic heterocycles. The van der Waals surface area contributed by atoms with Gasteiger partial charge in [-0.15, -0.1) is 0 Å². The summed E-state index contributed by atoms with van der Waals surface area (Å²) in [4.78, 5) is 26.2. The Morgan fingerprint density at radius 1 is 1.29 bits per heavy atom. The number of hydrogen-bond donors (Lipinski definition) is 1. The van der Waals surface area contributed by atoms with Crippen LogP contribution in [0.5, 0.6) is 0 Å². The van der Waals surface area contributed by atoms with Gasteiger partial charge in [0, 0.05) is 32.4 Å². The average molecular weight is 286 g/mol. The van der Waals surface area contributed by atoms with Crippen LogP contribution < -0.4 is 5.32 Å². The number of nitrogens with one attached hydrogen (secondary N) is 1. The maximum absolute atomic E-state index is 11.6. The Morgan fingerprint density at radius 2 is 2.10 bits per heavy atom. The van der Waals surface area contributed by atoms with Crippen molar-refractivity contribution in [2.24, 2.45) is 0 Å². The molecule has 0 aromatic carbocycles. The lowest BCUT2D eigenvalue weighted by molar-refractivity contribution is -0.129. The first-order valence-corrected chi connectivity index (χ1v) is 7.03. The zero-order valence-electron chi connectivity index (χ0n) is 12.0. The van der Waals surface area contributed by atoms with Gasteiger partial charge in [0.25, 0.3) is 0 Å². The van der Waals surface area contributed by atoms with E-state index in [4.69, 9.17) is 0 Å². The number of fused-ring (bicyclic) bond motifs is 1. The quantitative estimate of drug-likeness (QED) is 0.912. The van der Waals surface area contributed by atoms with Crippen LogP contribution in [-0.2, 0) is 24.4 Å². The Bertz CT molecular complexity index is 624. The summed E-state index contributed by atoms with van der Waals surface area (Å²) < 4.78 is 2.13. The zero-order chi connectivity index (χ0) is 14.7. The van der Waals surface area contributed by atoms with E-state index in [-0.39, 0.29) is 5.91 Å². The highest BCUT2D eigenvalue weighted by molar-refractivity contribution is 5.73. The first-order chi connectivity index (χ1) is 10.2. The van der Waals surface area contributed by atoms with E-state index in [1.54, 1.807) is 25.4 Å². The molecule has 7 heteroatoms. The average Bonchev–Trinajstić information content (AvgIpc) is 2.74. The molecule has 0 aliphatic carbocycles. The third kappa shape index (κ3) is 3.01. The van der Waals surface area contributed by atoms with Gasteiger partial charge in [-0.2, -0.15) is 0 Å². The number of aryl methyl sites for hydroxylation is 1. The molecule has 3 heterocycles. The molecular formula is C14H18N6O. The molecule has 21 heavy (non-hydrogen) atoms. The molecule has 0 unspecified atom stereocenters. The number of anilines is 1. The van der Waals surface area contributed by atoms with Crippen molar-refractivity contribution in [3.8, 4) is 0 Å². The third-order valence-corrected chi connectivity index (χ3v) is 3.63. The molecule has 0 radical (unpaired) electrons. The molecule has 0 bridgehead atoms. The highest BCUT2D eigenvalue weighted by Gasteiger charge is 2.20. The van der Waals surface area contributed by atoms with Crippen molar-refractivity contribution in [3.63, 3.8) is 0 Å².